The number of hydrogen-bond donors (Lipinski definition) is 0. The molecule has 26 heavy (non-hydrogen) atoms. The number of para-hydroxylation sites is 1. The molecule has 0 saturated carbocycles. The van der Waals surface area contributed by atoms with Gasteiger partial charge < -0.3 is 4.57 Å². The first-order valence-electron chi connectivity index (χ1n) is 7.67. The average Bonchev–Trinajstić information content (AvgIpc) is 2.96. The van der Waals surface area contributed by atoms with Crippen molar-refractivity contribution in [2.45, 2.75) is 4.90 Å². The number of sulfonamides is 1. The number of aromatic nitrogens is 1. The molecule has 0 radical (unpaired) electrons. The smallest absolute Gasteiger partial charge is 0.242 e. The van der Waals surface area contributed by atoms with E-state index in [2.05, 4.69) is 4.99 Å². The minimum Gasteiger partial charge on any atom is -0.320 e. The van der Waals surface area contributed by atoms with Gasteiger partial charge in [-0.25, -0.2) is 17.7 Å². The lowest BCUT2D eigenvalue weighted by molar-refractivity contribution is 0.521. The zero-order chi connectivity index (χ0) is 18.0. The number of hydrogen-bond acceptors (Lipinski definition) is 4. The van der Waals surface area contributed by atoms with Gasteiger partial charge in [0.15, 0.2) is 4.80 Å². The standard InChI is InChI=1S/C18H19N3O2S2.BrH/c1-20(2)25(22,23)16-11-7-8-14(12-16)17-13-24-18(21(17)3)19-15-9-5-4-6-10-15;/h4-13H,1-3H3;1H/b19-18+;. The van der Waals surface area contributed by atoms with Gasteiger partial charge in [0.25, 0.3) is 0 Å². The molecule has 1 aromatic heterocycles. The molecule has 0 amide bonds. The van der Waals surface area contributed by atoms with Crippen molar-refractivity contribution < 1.29 is 8.42 Å². The Kier molecular flexibility index (Phi) is 6.57. The summed E-state index contributed by atoms with van der Waals surface area (Å²) < 4.78 is 27.9. The normalized spacial score (nSPS) is 12.2. The fraction of sp³-hybridized carbons (Fsp3) is 0.167. The predicted molar refractivity (Wildman–Crippen MR) is 112 cm³/mol. The first-order valence-corrected chi connectivity index (χ1v) is 9.99. The molecule has 0 aliphatic rings. The van der Waals surface area contributed by atoms with Crippen LogP contribution < -0.4 is 4.80 Å². The van der Waals surface area contributed by atoms with E-state index in [0.717, 1.165) is 21.7 Å². The molecule has 0 N–H and O–H groups in total. The summed E-state index contributed by atoms with van der Waals surface area (Å²) in [4.78, 5) is 5.77. The van der Waals surface area contributed by atoms with E-state index in [1.54, 1.807) is 18.2 Å². The largest absolute Gasteiger partial charge is 0.320 e. The molecule has 0 aliphatic heterocycles. The summed E-state index contributed by atoms with van der Waals surface area (Å²) >= 11 is 1.52. The fourth-order valence-electron chi connectivity index (χ4n) is 2.37. The molecule has 138 valence electrons. The van der Waals surface area contributed by atoms with Crippen LogP contribution >= 0.6 is 28.3 Å². The summed E-state index contributed by atoms with van der Waals surface area (Å²) in [6.07, 6.45) is 0. The molecule has 8 heteroatoms. The van der Waals surface area contributed by atoms with Crippen molar-refractivity contribution in [3.63, 3.8) is 0 Å². The van der Waals surface area contributed by atoms with Crippen molar-refractivity contribution in [3.8, 4) is 11.3 Å². The maximum atomic E-state index is 12.4. The second kappa shape index (κ2) is 8.30. The highest BCUT2D eigenvalue weighted by molar-refractivity contribution is 8.93. The Labute approximate surface area is 168 Å². The van der Waals surface area contributed by atoms with Crippen molar-refractivity contribution in [2.24, 2.45) is 12.0 Å². The Hall–Kier alpha value is -1.74. The van der Waals surface area contributed by atoms with Crippen LogP contribution in [-0.4, -0.2) is 31.4 Å². The lowest BCUT2D eigenvalue weighted by Gasteiger charge is -2.12. The third-order valence-corrected chi connectivity index (χ3v) is 6.54. The number of nitrogens with zero attached hydrogens (tertiary/aromatic N) is 3. The highest BCUT2D eigenvalue weighted by Crippen LogP contribution is 2.24. The summed E-state index contributed by atoms with van der Waals surface area (Å²) in [5.41, 5.74) is 2.65. The van der Waals surface area contributed by atoms with Crippen LogP contribution in [0.15, 0.2) is 69.9 Å². The molecule has 0 atom stereocenters. The molecule has 3 rings (SSSR count). The second-order valence-corrected chi connectivity index (χ2v) is 8.71. The number of halogens is 1. The zero-order valence-electron chi connectivity index (χ0n) is 14.7. The van der Waals surface area contributed by atoms with Gasteiger partial charge in [-0.3, -0.25) is 0 Å². The predicted octanol–water partition coefficient (Wildman–Crippen LogP) is 3.81. The quantitative estimate of drug-likeness (QED) is 0.602. The molecule has 0 bridgehead atoms. The van der Waals surface area contributed by atoms with E-state index in [1.807, 2.05) is 53.4 Å². The Morgan fingerprint density at radius 3 is 2.38 bits per heavy atom. The minimum atomic E-state index is -3.46. The highest BCUT2D eigenvalue weighted by atomic mass is 79.9. The first-order chi connectivity index (χ1) is 11.9. The van der Waals surface area contributed by atoms with Gasteiger partial charge in [-0.05, 0) is 24.3 Å². The van der Waals surface area contributed by atoms with E-state index in [9.17, 15) is 8.42 Å². The molecular formula is C18H20BrN3O2S2. The van der Waals surface area contributed by atoms with Crippen LogP contribution in [0.3, 0.4) is 0 Å². The number of benzene rings is 2. The van der Waals surface area contributed by atoms with Gasteiger partial charge in [0.05, 0.1) is 16.3 Å². The van der Waals surface area contributed by atoms with Crippen molar-refractivity contribution in [2.75, 3.05) is 14.1 Å². The molecular weight excluding hydrogens is 434 g/mol. The molecule has 3 aromatic rings. The van der Waals surface area contributed by atoms with Crippen LogP contribution in [0.2, 0.25) is 0 Å². The molecule has 0 aliphatic carbocycles. The Morgan fingerprint density at radius 1 is 1.04 bits per heavy atom. The molecule has 0 fully saturated rings. The van der Waals surface area contributed by atoms with Crippen LogP contribution in [0, 0.1) is 0 Å². The van der Waals surface area contributed by atoms with Gasteiger partial charge in [-0.1, -0.05) is 30.3 Å². The highest BCUT2D eigenvalue weighted by Gasteiger charge is 2.18. The maximum absolute atomic E-state index is 12.4. The van der Waals surface area contributed by atoms with E-state index >= 15 is 0 Å². The van der Waals surface area contributed by atoms with Crippen molar-refractivity contribution in [1.82, 2.24) is 8.87 Å². The fourth-order valence-corrected chi connectivity index (χ4v) is 4.25. The van der Waals surface area contributed by atoms with Gasteiger partial charge in [-0.2, -0.15) is 0 Å². The zero-order valence-corrected chi connectivity index (χ0v) is 18.0. The molecule has 0 spiro atoms. The summed E-state index contributed by atoms with van der Waals surface area (Å²) in [5, 5.41) is 1.99. The van der Waals surface area contributed by atoms with E-state index in [0.29, 0.717) is 0 Å². The summed E-state index contributed by atoms with van der Waals surface area (Å²) in [6.45, 7) is 0. The van der Waals surface area contributed by atoms with E-state index in [1.165, 1.54) is 29.7 Å². The van der Waals surface area contributed by atoms with Crippen molar-refractivity contribution in [3.05, 3.63) is 64.8 Å². The third-order valence-electron chi connectivity index (χ3n) is 3.81. The van der Waals surface area contributed by atoms with Crippen LogP contribution in [0.5, 0.6) is 0 Å². The van der Waals surface area contributed by atoms with Crippen LogP contribution in [0.1, 0.15) is 0 Å². The lowest BCUT2D eigenvalue weighted by atomic mass is 10.2. The Morgan fingerprint density at radius 2 is 1.73 bits per heavy atom. The first kappa shape index (κ1) is 20.6. The van der Waals surface area contributed by atoms with E-state index in [-0.39, 0.29) is 21.9 Å². The molecule has 0 unspecified atom stereocenters. The topological polar surface area (TPSA) is 54.7 Å². The van der Waals surface area contributed by atoms with Gasteiger partial charge in [0, 0.05) is 32.1 Å². The monoisotopic (exact) mass is 453 g/mol. The SMILES string of the molecule is Br.CN(C)S(=O)(=O)c1cccc(-c2cs/c(=N/c3ccccc3)n2C)c1. The van der Waals surface area contributed by atoms with E-state index in [4.69, 9.17) is 0 Å². The molecule has 2 aromatic carbocycles. The van der Waals surface area contributed by atoms with E-state index < -0.39 is 10.0 Å². The van der Waals surface area contributed by atoms with Crippen LogP contribution in [0.4, 0.5) is 5.69 Å². The molecule has 5 nitrogen and oxygen atoms in total. The summed E-state index contributed by atoms with van der Waals surface area (Å²) in [7, 11) is 1.54. The Balaban J connectivity index is 0.00000243. The number of thiazole rings is 1. The summed E-state index contributed by atoms with van der Waals surface area (Å²) in [6, 6.07) is 16.7. The molecule has 0 saturated heterocycles. The average molecular weight is 454 g/mol. The molecule has 1 heterocycles. The van der Waals surface area contributed by atoms with Crippen LogP contribution in [0.25, 0.3) is 11.3 Å². The number of rotatable bonds is 4. The maximum Gasteiger partial charge on any atom is 0.242 e. The summed E-state index contributed by atoms with van der Waals surface area (Å²) in [5.74, 6) is 0. The lowest BCUT2D eigenvalue weighted by Crippen LogP contribution is -2.22. The van der Waals surface area contributed by atoms with Crippen molar-refractivity contribution in [1.29, 1.82) is 0 Å². The van der Waals surface area contributed by atoms with Gasteiger partial charge in [0.1, 0.15) is 0 Å². The van der Waals surface area contributed by atoms with Crippen LogP contribution in [-0.2, 0) is 17.1 Å². The van der Waals surface area contributed by atoms with Gasteiger partial charge in [0.2, 0.25) is 10.0 Å². The second-order valence-electron chi connectivity index (χ2n) is 5.73. The Bertz CT molecular complexity index is 1060. The minimum absolute atomic E-state index is 0. The van der Waals surface area contributed by atoms with Gasteiger partial charge in [-0.15, -0.1) is 28.3 Å². The van der Waals surface area contributed by atoms with Crippen molar-refractivity contribution >= 4 is 44.0 Å². The van der Waals surface area contributed by atoms with Gasteiger partial charge >= 0.3 is 0 Å². The third kappa shape index (κ3) is 4.15.